The smallest absolute Gasteiger partial charge is 0.255 e. The highest BCUT2D eigenvalue weighted by molar-refractivity contribution is 6.01. The quantitative estimate of drug-likeness (QED) is 0.533. The van der Waals surface area contributed by atoms with Gasteiger partial charge >= 0.3 is 0 Å². The monoisotopic (exact) mass is 526 g/mol. The van der Waals surface area contributed by atoms with Crippen LogP contribution < -0.4 is 20.7 Å². The van der Waals surface area contributed by atoms with E-state index in [1.807, 2.05) is 13.8 Å². The van der Waals surface area contributed by atoms with Gasteiger partial charge in [-0.2, -0.15) is 0 Å². The highest BCUT2D eigenvalue weighted by Gasteiger charge is 2.31. The molecule has 1 heterocycles. The van der Waals surface area contributed by atoms with E-state index in [9.17, 15) is 23.6 Å². The van der Waals surface area contributed by atoms with Gasteiger partial charge in [-0.1, -0.05) is 44.5 Å². The second kappa shape index (κ2) is 13.6. The number of halogens is 1. The maximum atomic E-state index is 13.2. The molecular weight excluding hydrogens is 491 g/mol. The molecule has 204 valence electrons. The molecule has 0 unspecified atom stereocenters. The van der Waals surface area contributed by atoms with Crippen molar-refractivity contribution in [3.8, 4) is 5.75 Å². The van der Waals surface area contributed by atoms with Crippen molar-refractivity contribution in [1.82, 2.24) is 20.9 Å². The predicted molar refractivity (Wildman–Crippen MR) is 140 cm³/mol. The average Bonchev–Trinajstić information content (AvgIpc) is 2.91. The summed E-state index contributed by atoms with van der Waals surface area (Å²) in [7, 11) is 1.63. The van der Waals surface area contributed by atoms with Crippen molar-refractivity contribution in [1.29, 1.82) is 0 Å². The number of rotatable bonds is 6. The maximum Gasteiger partial charge on any atom is 0.255 e. The van der Waals surface area contributed by atoms with Crippen LogP contribution in [-0.4, -0.2) is 67.4 Å². The van der Waals surface area contributed by atoms with Gasteiger partial charge < -0.3 is 25.6 Å². The number of ether oxygens (including phenoxy) is 1. The summed E-state index contributed by atoms with van der Waals surface area (Å²) in [6, 6.07) is 10.5. The Morgan fingerprint density at radius 1 is 1.13 bits per heavy atom. The van der Waals surface area contributed by atoms with E-state index in [0.717, 1.165) is 5.56 Å². The van der Waals surface area contributed by atoms with Gasteiger partial charge in [0, 0.05) is 13.6 Å². The first-order valence-corrected chi connectivity index (χ1v) is 12.8. The van der Waals surface area contributed by atoms with E-state index in [1.54, 1.807) is 43.4 Å². The SMILES string of the molecule is CC[C@H](C)[C@@H]1NC(=O)C[C@@H](C(=O)NCCc2ccc(F)cc2)NC(=O)c2ccccc2OCCN(C)C1=O. The number of para-hydroxylation sites is 1. The Morgan fingerprint density at radius 2 is 1.84 bits per heavy atom. The molecule has 9 nitrogen and oxygen atoms in total. The van der Waals surface area contributed by atoms with Crippen LogP contribution in [0.25, 0.3) is 0 Å². The lowest BCUT2D eigenvalue weighted by Crippen LogP contribution is -2.54. The Labute approximate surface area is 222 Å². The summed E-state index contributed by atoms with van der Waals surface area (Å²) in [4.78, 5) is 54.0. The van der Waals surface area contributed by atoms with Crippen LogP contribution >= 0.6 is 0 Å². The Bertz CT molecular complexity index is 1140. The summed E-state index contributed by atoms with van der Waals surface area (Å²) in [5.74, 6) is -2.10. The van der Waals surface area contributed by atoms with Gasteiger partial charge in [0.1, 0.15) is 30.3 Å². The molecule has 3 N–H and O–H groups in total. The standard InChI is InChI=1S/C28H35FN4O5/c1-4-18(2)25-28(37)33(3)15-16-38-23-8-6-5-7-21(23)26(35)31-22(17-24(34)32-25)27(36)30-14-13-19-9-11-20(29)12-10-19/h5-12,18,22,25H,4,13-17H2,1-3H3,(H,30,36)(H,31,35)(H,32,34)/t18-,22-,25-/m0/s1. The number of benzene rings is 2. The van der Waals surface area contributed by atoms with Crippen molar-refractivity contribution in [2.45, 2.75) is 45.2 Å². The first-order valence-electron chi connectivity index (χ1n) is 12.8. The minimum absolute atomic E-state index is 0.140. The molecule has 0 radical (unpaired) electrons. The summed E-state index contributed by atoms with van der Waals surface area (Å²) >= 11 is 0. The van der Waals surface area contributed by atoms with Gasteiger partial charge in [0.05, 0.1) is 18.5 Å². The molecule has 38 heavy (non-hydrogen) atoms. The van der Waals surface area contributed by atoms with Crippen LogP contribution in [-0.2, 0) is 20.8 Å². The fourth-order valence-electron chi connectivity index (χ4n) is 4.07. The Morgan fingerprint density at radius 3 is 2.55 bits per heavy atom. The van der Waals surface area contributed by atoms with E-state index in [4.69, 9.17) is 4.74 Å². The number of fused-ring (bicyclic) bond motifs is 1. The molecule has 1 aliphatic rings. The number of amides is 4. The Balaban J connectivity index is 1.82. The van der Waals surface area contributed by atoms with Gasteiger partial charge in [0.2, 0.25) is 17.7 Å². The fraction of sp³-hybridized carbons (Fsp3) is 0.429. The summed E-state index contributed by atoms with van der Waals surface area (Å²) in [6.07, 6.45) is 0.728. The number of carbonyl (C=O) groups is 4. The first kappa shape index (κ1) is 28.6. The van der Waals surface area contributed by atoms with E-state index in [-0.39, 0.29) is 49.3 Å². The van der Waals surface area contributed by atoms with E-state index in [2.05, 4.69) is 16.0 Å². The van der Waals surface area contributed by atoms with Crippen LogP contribution in [0.2, 0.25) is 0 Å². The van der Waals surface area contributed by atoms with Gasteiger partial charge in [0.15, 0.2) is 0 Å². The number of nitrogens with zero attached hydrogens (tertiary/aromatic N) is 1. The number of carbonyl (C=O) groups excluding carboxylic acids is 4. The van der Waals surface area contributed by atoms with Crippen molar-refractivity contribution >= 4 is 23.6 Å². The molecule has 0 saturated heterocycles. The lowest BCUT2D eigenvalue weighted by Gasteiger charge is -2.29. The Hall–Kier alpha value is -3.95. The molecule has 4 amide bonds. The molecule has 10 heteroatoms. The largest absolute Gasteiger partial charge is 0.491 e. The molecule has 1 aliphatic heterocycles. The molecular formula is C28H35FN4O5. The van der Waals surface area contributed by atoms with Crippen LogP contribution in [0.4, 0.5) is 4.39 Å². The van der Waals surface area contributed by atoms with Crippen molar-refractivity contribution in [2.24, 2.45) is 5.92 Å². The molecule has 0 aliphatic carbocycles. The van der Waals surface area contributed by atoms with Gasteiger partial charge in [-0.05, 0) is 42.2 Å². The fourth-order valence-corrected chi connectivity index (χ4v) is 4.07. The van der Waals surface area contributed by atoms with E-state index in [1.165, 1.54) is 17.0 Å². The van der Waals surface area contributed by atoms with E-state index < -0.39 is 29.8 Å². The molecule has 0 bridgehead atoms. The summed E-state index contributed by atoms with van der Waals surface area (Å²) in [5.41, 5.74) is 1.03. The molecule has 2 aromatic rings. The lowest BCUT2D eigenvalue weighted by molar-refractivity contribution is -0.137. The van der Waals surface area contributed by atoms with Crippen molar-refractivity contribution in [3.63, 3.8) is 0 Å². The minimum Gasteiger partial charge on any atom is -0.491 e. The highest BCUT2D eigenvalue weighted by atomic mass is 19.1. The first-order chi connectivity index (χ1) is 18.2. The molecule has 3 rings (SSSR count). The maximum absolute atomic E-state index is 13.2. The van der Waals surface area contributed by atoms with E-state index >= 15 is 0 Å². The zero-order valence-electron chi connectivity index (χ0n) is 22.0. The van der Waals surface area contributed by atoms with Crippen molar-refractivity contribution in [2.75, 3.05) is 26.7 Å². The van der Waals surface area contributed by atoms with Gasteiger partial charge in [-0.15, -0.1) is 0 Å². The van der Waals surface area contributed by atoms with E-state index in [0.29, 0.717) is 18.6 Å². The zero-order valence-corrected chi connectivity index (χ0v) is 22.0. The van der Waals surface area contributed by atoms with Crippen molar-refractivity contribution in [3.05, 3.63) is 65.5 Å². The van der Waals surface area contributed by atoms with Crippen LogP contribution in [0.3, 0.4) is 0 Å². The van der Waals surface area contributed by atoms with Gasteiger partial charge in [-0.25, -0.2) is 4.39 Å². The van der Waals surface area contributed by atoms with Gasteiger partial charge in [-0.3, -0.25) is 19.2 Å². The van der Waals surface area contributed by atoms with Crippen LogP contribution in [0.1, 0.15) is 42.6 Å². The number of nitrogens with one attached hydrogen (secondary N) is 3. The summed E-state index contributed by atoms with van der Waals surface area (Å²) < 4.78 is 19.0. The number of likely N-dealkylation sites (N-methyl/N-ethyl adjacent to an activating group) is 1. The minimum atomic E-state index is -1.20. The van der Waals surface area contributed by atoms with Crippen molar-refractivity contribution < 1.29 is 28.3 Å². The third kappa shape index (κ3) is 7.77. The lowest BCUT2D eigenvalue weighted by atomic mass is 9.97. The predicted octanol–water partition coefficient (Wildman–Crippen LogP) is 2.05. The van der Waals surface area contributed by atoms with Crippen LogP contribution in [0.5, 0.6) is 5.75 Å². The second-order valence-corrected chi connectivity index (χ2v) is 9.43. The normalized spacial score (nSPS) is 19.8. The number of hydrogen-bond acceptors (Lipinski definition) is 5. The number of hydrogen-bond donors (Lipinski definition) is 3. The second-order valence-electron chi connectivity index (χ2n) is 9.43. The third-order valence-electron chi connectivity index (χ3n) is 6.63. The zero-order chi connectivity index (χ0) is 27.7. The van der Waals surface area contributed by atoms with Crippen LogP contribution in [0, 0.1) is 11.7 Å². The topological polar surface area (TPSA) is 117 Å². The third-order valence-corrected chi connectivity index (χ3v) is 6.63. The Kier molecular flexibility index (Phi) is 10.2. The average molecular weight is 527 g/mol. The molecule has 0 aromatic heterocycles. The molecule has 0 saturated carbocycles. The van der Waals surface area contributed by atoms with Crippen LogP contribution in [0.15, 0.2) is 48.5 Å². The molecule has 3 atom stereocenters. The molecule has 0 fully saturated rings. The molecule has 2 aromatic carbocycles. The summed E-state index contributed by atoms with van der Waals surface area (Å²) in [6.45, 7) is 4.41. The van der Waals surface area contributed by atoms with Gasteiger partial charge in [0.25, 0.3) is 5.91 Å². The molecule has 0 spiro atoms. The summed E-state index contributed by atoms with van der Waals surface area (Å²) in [5, 5.41) is 8.17. The highest BCUT2D eigenvalue weighted by Crippen LogP contribution is 2.19.